The van der Waals surface area contributed by atoms with Crippen LogP contribution < -0.4 is 10.4 Å². The first-order valence-corrected chi connectivity index (χ1v) is 11.7. The van der Waals surface area contributed by atoms with Crippen LogP contribution in [0.5, 0.6) is 0 Å². The van der Waals surface area contributed by atoms with E-state index in [1.807, 2.05) is 0 Å². The minimum Gasteiger partial charge on any atom is -0.444 e. The predicted octanol–water partition coefficient (Wildman–Crippen LogP) is 1.49. The Balaban J connectivity index is 1.66. The summed E-state index contributed by atoms with van der Waals surface area (Å²) in [5.41, 5.74) is 2.78. The molecule has 0 spiro atoms. The molecular formula is C21H26N2O7S. The molecule has 168 valence electrons. The Morgan fingerprint density at radius 3 is 2.55 bits per heavy atom. The average Bonchev–Trinajstić information content (AvgIpc) is 3.05. The van der Waals surface area contributed by atoms with Crippen LogP contribution in [0.2, 0.25) is 0 Å². The number of hydrogen-bond acceptors (Lipinski definition) is 7. The van der Waals surface area contributed by atoms with Gasteiger partial charge in [0.1, 0.15) is 6.10 Å². The number of nitrogens with one attached hydrogen (secondary N) is 1. The van der Waals surface area contributed by atoms with Gasteiger partial charge in [-0.3, -0.25) is 14.9 Å². The third-order valence-electron chi connectivity index (χ3n) is 5.92. The number of hydrogen-bond donors (Lipinski definition) is 2. The van der Waals surface area contributed by atoms with Gasteiger partial charge in [0, 0.05) is 37.0 Å². The normalized spacial score (nSPS) is 25.0. The lowest BCUT2D eigenvalue weighted by atomic mass is 9.83. The number of rotatable bonds is 6. The van der Waals surface area contributed by atoms with Crippen molar-refractivity contribution in [3.63, 3.8) is 0 Å². The molecule has 1 aliphatic carbocycles. The van der Waals surface area contributed by atoms with Crippen molar-refractivity contribution < 1.29 is 32.7 Å². The number of amides is 2. The molecule has 2 amide bonds. The Bertz CT molecular complexity index is 1010. The second kappa shape index (κ2) is 8.86. The smallest absolute Gasteiger partial charge is 0.414 e. The highest BCUT2D eigenvalue weighted by Gasteiger charge is 2.48. The molecule has 1 aromatic carbocycles. The molecule has 1 saturated carbocycles. The van der Waals surface area contributed by atoms with Crippen molar-refractivity contribution in [2.45, 2.75) is 43.1 Å². The molecule has 1 aromatic rings. The number of benzene rings is 1. The summed E-state index contributed by atoms with van der Waals surface area (Å²) in [6.07, 6.45) is 1.31. The summed E-state index contributed by atoms with van der Waals surface area (Å²) < 4.78 is 32.9. The van der Waals surface area contributed by atoms with E-state index in [9.17, 15) is 18.0 Å². The first-order chi connectivity index (χ1) is 14.6. The molecule has 1 aliphatic heterocycles. The summed E-state index contributed by atoms with van der Waals surface area (Å²) in [7, 11) is -2.19. The number of cyclic esters (lactones) is 1. The van der Waals surface area contributed by atoms with Gasteiger partial charge in [0.05, 0.1) is 12.6 Å². The maximum atomic E-state index is 12.3. The van der Waals surface area contributed by atoms with Crippen LogP contribution in [0, 0.1) is 17.8 Å². The zero-order chi connectivity index (χ0) is 22.8. The van der Waals surface area contributed by atoms with Crippen LogP contribution in [0.4, 0.5) is 10.5 Å². The van der Waals surface area contributed by atoms with Crippen LogP contribution in [-0.4, -0.2) is 62.5 Å². The van der Waals surface area contributed by atoms with Crippen molar-refractivity contribution in [1.82, 2.24) is 5.48 Å². The first kappa shape index (κ1) is 23.1. The molecule has 1 heterocycles. The van der Waals surface area contributed by atoms with Gasteiger partial charge >= 0.3 is 6.09 Å². The largest absolute Gasteiger partial charge is 0.444 e. The summed E-state index contributed by atoms with van der Waals surface area (Å²) in [6, 6.07) is 7.08. The van der Waals surface area contributed by atoms with E-state index >= 15 is 0 Å². The number of carbonyl (C=O) groups excluding carboxylic acids is 2. The summed E-state index contributed by atoms with van der Waals surface area (Å²) in [4.78, 5) is 25.7. The average molecular weight is 451 g/mol. The Morgan fingerprint density at radius 2 is 2.00 bits per heavy atom. The van der Waals surface area contributed by atoms with Gasteiger partial charge in [0.25, 0.3) is 5.91 Å². The van der Waals surface area contributed by atoms with Crippen molar-refractivity contribution in [1.29, 1.82) is 0 Å². The lowest BCUT2D eigenvalue weighted by Gasteiger charge is -2.30. The van der Waals surface area contributed by atoms with E-state index in [1.165, 1.54) is 17.3 Å². The van der Waals surface area contributed by atoms with E-state index < -0.39 is 32.7 Å². The first-order valence-electron chi connectivity index (χ1n) is 9.84. The molecule has 0 radical (unpaired) electrons. The van der Waals surface area contributed by atoms with E-state index in [-0.39, 0.29) is 13.0 Å². The monoisotopic (exact) mass is 450 g/mol. The lowest BCUT2D eigenvalue weighted by Crippen LogP contribution is -2.51. The maximum Gasteiger partial charge on any atom is 0.414 e. The highest BCUT2D eigenvalue weighted by Crippen LogP contribution is 2.31. The maximum absolute atomic E-state index is 12.3. The summed E-state index contributed by atoms with van der Waals surface area (Å²) in [5, 5.41) is 8.94. The highest BCUT2D eigenvalue weighted by atomic mass is 32.2. The Labute approximate surface area is 181 Å². The lowest BCUT2D eigenvalue weighted by molar-refractivity contribution is -0.132. The van der Waals surface area contributed by atoms with Gasteiger partial charge in [-0.2, -0.15) is 0 Å². The number of carbonyl (C=O) groups is 2. The molecule has 3 rings (SSSR count). The third kappa shape index (κ3) is 4.84. The summed E-state index contributed by atoms with van der Waals surface area (Å²) >= 11 is 0. The minimum atomic E-state index is -3.89. The molecule has 31 heavy (non-hydrogen) atoms. The van der Waals surface area contributed by atoms with E-state index in [0.29, 0.717) is 17.7 Å². The molecule has 2 atom stereocenters. The quantitative estimate of drug-likeness (QED) is 0.382. The standard InChI is InChI=1S/C21H26N2O7S/c1-21(19(24)22-26,31(3,27)28)12-18-13-23(20(25)30-18)16-8-6-14(7-9-16)4-5-15-10-17(11-15)29-2/h6-9,15,17-18,26H,10-13H2,1-3H3,(H,22,24)/t15-,17-,18-,21+/m0/s1. The fourth-order valence-electron chi connectivity index (χ4n) is 3.59. The van der Waals surface area contributed by atoms with Gasteiger partial charge < -0.3 is 9.47 Å². The van der Waals surface area contributed by atoms with Gasteiger partial charge in [0.15, 0.2) is 14.6 Å². The van der Waals surface area contributed by atoms with Crippen molar-refractivity contribution in [2.24, 2.45) is 5.92 Å². The van der Waals surface area contributed by atoms with Crippen molar-refractivity contribution >= 4 is 27.5 Å². The van der Waals surface area contributed by atoms with Crippen molar-refractivity contribution in [2.75, 3.05) is 24.8 Å². The molecule has 2 aliphatic rings. The van der Waals surface area contributed by atoms with Crippen LogP contribution in [0.25, 0.3) is 0 Å². The number of hydroxylamine groups is 1. The Kier molecular flexibility index (Phi) is 6.59. The molecule has 2 N–H and O–H groups in total. The van der Waals surface area contributed by atoms with E-state index in [2.05, 4.69) is 11.8 Å². The molecule has 9 nitrogen and oxygen atoms in total. The zero-order valence-corrected chi connectivity index (χ0v) is 18.4. The molecule has 0 unspecified atom stereocenters. The molecule has 1 saturated heterocycles. The number of anilines is 1. The highest BCUT2D eigenvalue weighted by molar-refractivity contribution is 7.92. The molecular weight excluding hydrogens is 424 g/mol. The van der Waals surface area contributed by atoms with Gasteiger partial charge in [-0.1, -0.05) is 11.8 Å². The van der Waals surface area contributed by atoms with Crippen LogP contribution in [0.3, 0.4) is 0 Å². The van der Waals surface area contributed by atoms with Gasteiger partial charge in [-0.15, -0.1) is 0 Å². The van der Waals surface area contributed by atoms with Crippen LogP contribution in [-0.2, 0) is 24.1 Å². The van der Waals surface area contributed by atoms with Crippen molar-refractivity contribution in [3.8, 4) is 11.8 Å². The second-order valence-corrected chi connectivity index (χ2v) is 10.6. The predicted molar refractivity (Wildman–Crippen MR) is 112 cm³/mol. The fourth-order valence-corrected chi connectivity index (χ4v) is 4.46. The van der Waals surface area contributed by atoms with Crippen LogP contribution in [0.1, 0.15) is 31.7 Å². The number of ether oxygens (including phenoxy) is 2. The van der Waals surface area contributed by atoms with Gasteiger partial charge in [0.2, 0.25) is 0 Å². The minimum absolute atomic E-state index is 0.0775. The van der Waals surface area contributed by atoms with Crippen LogP contribution in [0.15, 0.2) is 24.3 Å². The molecule has 0 bridgehead atoms. The van der Waals surface area contributed by atoms with Crippen molar-refractivity contribution in [3.05, 3.63) is 29.8 Å². The Morgan fingerprint density at radius 1 is 1.35 bits per heavy atom. The van der Waals surface area contributed by atoms with Gasteiger partial charge in [-0.25, -0.2) is 18.7 Å². The van der Waals surface area contributed by atoms with E-state index in [4.69, 9.17) is 14.7 Å². The molecule has 10 heteroatoms. The van der Waals surface area contributed by atoms with E-state index in [0.717, 1.165) is 24.7 Å². The SMILES string of the molecule is CO[C@H]1C[C@H](C#Cc2ccc(N3C[C@H](C[C@](C)(C(=O)NO)S(C)(=O)=O)OC3=O)cc2)C1. The number of nitrogens with zero attached hydrogens (tertiary/aromatic N) is 1. The molecule has 2 fully saturated rings. The van der Waals surface area contributed by atoms with E-state index in [1.54, 1.807) is 31.4 Å². The zero-order valence-electron chi connectivity index (χ0n) is 17.6. The van der Waals surface area contributed by atoms with Crippen LogP contribution >= 0.6 is 0 Å². The third-order valence-corrected chi connectivity index (χ3v) is 7.91. The second-order valence-electron chi connectivity index (χ2n) is 8.11. The fraction of sp³-hybridized carbons (Fsp3) is 0.524. The Hall–Kier alpha value is -2.61. The van der Waals surface area contributed by atoms with Gasteiger partial charge in [-0.05, 0) is 44.0 Å². The topological polar surface area (TPSA) is 122 Å². The number of sulfone groups is 1. The molecule has 0 aromatic heterocycles. The summed E-state index contributed by atoms with van der Waals surface area (Å²) in [5.74, 6) is 5.59. The number of methoxy groups -OCH3 is 1. The summed E-state index contributed by atoms with van der Waals surface area (Å²) in [6.45, 7) is 1.27.